The summed E-state index contributed by atoms with van der Waals surface area (Å²) >= 11 is 0. The number of carbonyl (C=O) groups excluding carboxylic acids is 1. The standard InChI is InChI=1S/C19H22N2O2/c22-19-16-6-2-7-17(20-19)13-21(12-16)11-14-4-1-5-15(10-14)18-8-3-9-23-18/h1,3-5,8-10,16-17H,2,6-7,11-13H2,(H,20,22)/t16-,17+/m1/s1. The van der Waals surface area contributed by atoms with Crippen molar-refractivity contribution in [3.63, 3.8) is 0 Å². The van der Waals surface area contributed by atoms with Gasteiger partial charge in [-0.1, -0.05) is 24.6 Å². The molecular formula is C19H22N2O2. The number of nitrogens with zero attached hydrogens (tertiary/aromatic N) is 1. The molecule has 23 heavy (non-hydrogen) atoms. The van der Waals surface area contributed by atoms with Crippen molar-refractivity contribution >= 4 is 5.91 Å². The van der Waals surface area contributed by atoms with Gasteiger partial charge in [0.1, 0.15) is 5.76 Å². The summed E-state index contributed by atoms with van der Waals surface area (Å²) in [6.45, 7) is 2.71. The van der Waals surface area contributed by atoms with E-state index in [2.05, 4.69) is 34.5 Å². The van der Waals surface area contributed by atoms with Crippen molar-refractivity contribution in [2.75, 3.05) is 13.1 Å². The zero-order valence-electron chi connectivity index (χ0n) is 13.2. The molecule has 2 aliphatic rings. The SMILES string of the molecule is O=C1N[C@H]2CCC[C@@H]1CN(Cc1cccc(-c3ccco3)c1)C2. The Hall–Kier alpha value is -2.07. The van der Waals surface area contributed by atoms with Gasteiger partial charge in [-0.2, -0.15) is 0 Å². The van der Waals surface area contributed by atoms with E-state index in [9.17, 15) is 4.79 Å². The van der Waals surface area contributed by atoms with Gasteiger partial charge in [0.2, 0.25) is 5.91 Å². The highest BCUT2D eigenvalue weighted by Crippen LogP contribution is 2.25. The number of rotatable bonds is 3. The van der Waals surface area contributed by atoms with Gasteiger partial charge in [-0.15, -0.1) is 0 Å². The minimum absolute atomic E-state index is 0.149. The van der Waals surface area contributed by atoms with Gasteiger partial charge in [0, 0.05) is 31.2 Å². The number of hydrogen-bond donors (Lipinski definition) is 1. The second kappa shape index (κ2) is 6.20. The number of benzene rings is 1. The second-order valence-electron chi connectivity index (χ2n) is 6.71. The highest BCUT2D eigenvalue weighted by Gasteiger charge is 2.32. The first kappa shape index (κ1) is 14.5. The van der Waals surface area contributed by atoms with E-state index in [1.165, 1.54) is 5.56 Å². The van der Waals surface area contributed by atoms with Gasteiger partial charge < -0.3 is 9.73 Å². The van der Waals surface area contributed by atoms with Crippen molar-refractivity contribution in [1.29, 1.82) is 0 Å². The Bertz CT molecular complexity index is 680. The Labute approximate surface area is 136 Å². The molecule has 2 aromatic rings. The van der Waals surface area contributed by atoms with Crippen LogP contribution in [0.4, 0.5) is 0 Å². The van der Waals surface area contributed by atoms with Crippen LogP contribution in [0.2, 0.25) is 0 Å². The molecule has 4 heteroatoms. The molecule has 4 nitrogen and oxygen atoms in total. The molecule has 0 unspecified atom stereocenters. The lowest BCUT2D eigenvalue weighted by Crippen LogP contribution is -2.38. The van der Waals surface area contributed by atoms with Crippen LogP contribution in [0, 0.1) is 5.92 Å². The summed E-state index contributed by atoms with van der Waals surface area (Å²) in [4.78, 5) is 14.6. The third-order valence-electron chi connectivity index (χ3n) is 4.92. The van der Waals surface area contributed by atoms with Crippen LogP contribution < -0.4 is 5.32 Å². The van der Waals surface area contributed by atoms with Crippen LogP contribution in [0.3, 0.4) is 0 Å². The molecule has 1 N–H and O–H groups in total. The molecule has 4 rings (SSSR count). The highest BCUT2D eigenvalue weighted by atomic mass is 16.3. The number of carbonyl (C=O) groups is 1. The first-order chi connectivity index (χ1) is 11.3. The predicted molar refractivity (Wildman–Crippen MR) is 88.7 cm³/mol. The molecule has 1 amide bonds. The van der Waals surface area contributed by atoms with Gasteiger partial charge in [-0.25, -0.2) is 0 Å². The molecule has 0 saturated carbocycles. The summed E-state index contributed by atoms with van der Waals surface area (Å²) in [7, 11) is 0. The van der Waals surface area contributed by atoms with Gasteiger partial charge in [-0.3, -0.25) is 9.69 Å². The smallest absolute Gasteiger partial charge is 0.224 e. The molecule has 0 spiro atoms. The van der Waals surface area contributed by atoms with Crippen molar-refractivity contribution in [3.8, 4) is 11.3 Å². The van der Waals surface area contributed by atoms with Gasteiger partial charge in [0.05, 0.1) is 12.2 Å². The van der Waals surface area contributed by atoms with Crippen LogP contribution in [-0.2, 0) is 11.3 Å². The van der Waals surface area contributed by atoms with Crippen LogP contribution in [-0.4, -0.2) is 29.9 Å². The Balaban J connectivity index is 1.52. The van der Waals surface area contributed by atoms with E-state index in [4.69, 9.17) is 4.42 Å². The number of likely N-dealkylation sites (tertiary alicyclic amines) is 1. The summed E-state index contributed by atoms with van der Waals surface area (Å²) < 4.78 is 5.49. The van der Waals surface area contributed by atoms with E-state index in [1.807, 2.05) is 12.1 Å². The summed E-state index contributed by atoms with van der Waals surface area (Å²) in [5, 5.41) is 3.19. The third kappa shape index (κ3) is 3.17. The molecule has 0 radical (unpaired) electrons. The number of amides is 1. The number of hydrogen-bond acceptors (Lipinski definition) is 3. The molecule has 1 aromatic carbocycles. The van der Waals surface area contributed by atoms with Crippen molar-refractivity contribution in [1.82, 2.24) is 10.2 Å². The average Bonchev–Trinajstić information content (AvgIpc) is 2.95. The fraction of sp³-hybridized carbons (Fsp3) is 0.421. The summed E-state index contributed by atoms with van der Waals surface area (Å²) in [6.07, 6.45) is 4.99. The van der Waals surface area contributed by atoms with E-state index in [-0.39, 0.29) is 11.8 Å². The second-order valence-corrected chi connectivity index (χ2v) is 6.71. The Morgan fingerprint density at radius 1 is 1.17 bits per heavy atom. The summed E-state index contributed by atoms with van der Waals surface area (Å²) in [5.74, 6) is 1.30. The lowest BCUT2D eigenvalue weighted by atomic mass is 9.98. The van der Waals surface area contributed by atoms with E-state index < -0.39 is 0 Å². The van der Waals surface area contributed by atoms with Gasteiger partial charge in [0.15, 0.2) is 0 Å². The molecule has 3 heterocycles. The van der Waals surface area contributed by atoms with Crippen LogP contribution in [0.1, 0.15) is 24.8 Å². The molecule has 2 fully saturated rings. The maximum absolute atomic E-state index is 12.2. The van der Waals surface area contributed by atoms with Crippen LogP contribution in [0.25, 0.3) is 11.3 Å². The van der Waals surface area contributed by atoms with Crippen LogP contribution in [0.5, 0.6) is 0 Å². The molecule has 2 atom stereocenters. The summed E-state index contributed by atoms with van der Waals surface area (Å²) in [5.41, 5.74) is 2.38. The largest absolute Gasteiger partial charge is 0.464 e. The number of nitrogens with one attached hydrogen (secondary N) is 1. The lowest BCUT2D eigenvalue weighted by molar-refractivity contribution is -0.124. The molecular weight excluding hydrogens is 288 g/mol. The molecule has 0 aliphatic carbocycles. The van der Waals surface area contributed by atoms with E-state index in [0.717, 1.165) is 50.2 Å². The van der Waals surface area contributed by atoms with Crippen molar-refractivity contribution in [2.45, 2.75) is 31.8 Å². The lowest BCUT2D eigenvalue weighted by Gasteiger charge is -2.27. The zero-order chi connectivity index (χ0) is 15.6. The van der Waals surface area contributed by atoms with E-state index in [1.54, 1.807) is 6.26 Å². The van der Waals surface area contributed by atoms with E-state index >= 15 is 0 Å². The maximum Gasteiger partial charge on any atom is 0.224 e. The minimum Gasteiger partial charge on any atom is -0.464 e. The molecule has 120 valence electrons. The third-order valence-corrected chi connectivity index (χ3v) is 4.92. The van der Waals surface area contributed by atoms with Crippen molar-refractivity contribution < 1.29 is 9.21 Å². The fourth-order valence-electron chi connectivity index (χ4n) is 3.80. The first-order valence-electron chi connectivity index (χ1n) is 8.43. The fourth-order valence-corrected chi connectivity index (χ4v) is 3.80. The normalized spacial score (nSPS) is 25.0. The Morgan fingerprint density at radius 3 is 3.00 bits per heavy atom. The highest BCUT2D eigenvalue weighted by molar-refractivity contribution is 5.79. The van der Waals surface area contributed by atoms with Gasteiger partial charge >= 0.3 is 0 Å². The topological polar surface area (TPSA) is 45.5 Å². The molecule has 2 saturated heterocycles. The monoisotopic (exact) mass is 310 g/mol. The Kier molecular flexibility index (Phi) is 3.92. The molecule has 2 aliphatic heterocycles. The minimum atomic E-state index is 0.149. The van der Waals surface area contributed by atoms with Crippen molar-refractivity contribution in [3.05, 3.63) is 48.2 Å². The first-order valence-corrected chi connectivity index (χ1v) is 8.43. The zero-order valence-corrected chi connectivity index (χ0v) is 13.2. The maximum atomic E-state index is 12.2. The van der Waals surface area contributed by atoms with E-state index in [0.29, 0.717) is 6.04 Å². The van der Waals surface area contributed by atoms with Crippen molar-refractivity contribution in [2.24, 2.45) is 5.92 Å². The average molecular weight is 310 g/mol. The van der Waals surface area contributed by atoms with Crippen LogP contribution >= 0.6 is 0 Å². The number of furan rings is 1. The molecule has 1 aromatic heterocycles. The van der Waals surface area contributed by atoms with Gasteiger partial charge in [0.25, 0.3) is 0 Å². The summed E-state index contributed by atoms with van der Waals surface area (Å²) in [6, 6.07) is 12.7. The Morgan fingerprint density at radius 2 is 2.13 bits per heavy atom. The number of fused-ring (bicyclic) bond motifs is 3. The molecule has 2 bridgehead atoms. The quantitative estimate of drug-likeness (QED) is 0.948. The van der Waals surface area contributed by atoms with Crippen LogP contribution in [0.15, 0.2) is 47.1 Å². The predicted octanol–water partition coefficient (Wildman–Crippen LogP) is 3.05. The van der Waals surface area contributed by atoms with Gasteiger partial charge in [-0.05, 0) is 36.6 Å².